The number of morpholine rings is 1. The van der Waals surface area contributed by atoms with Crippen LogP contribution < -0.4 is 10.0 Å². The van der Waals surface area contributed by atoms with Gasteiger partial charge in [0.25, 0.3) is 5.91 Å². The van der Waals surface area contributed by atoms with Crippen molar-refractivity contribution in [3.05, 3.63) is 52.2 Å². The molecule has 2 fully saturated rings. The zero-order chi connectivity index (χ0) is 19.7. The summed E-state index contributed by atoms with van der Waals surface area (Å²) in [5.74, 6) is -0.284. The Labute approximate surface area is 168 Å². The van der Waals surface area contributed by atoms with Gasteiger partial charge in [0.1, 0.15) is 0 Å². The van der Waals surface area contributed by atoms with Crippen LogP contribution in [0.15, 0.2) is 46.7 Å². The first-order chi connectivity index (χ1) is 13.5. The molecule has 7 nitrogen and oxygen atoms in total. The number of benzene rings is 1. The van der Waals surface area contributed by atoms with E-state index >= 15 is 0 Å². The maximum absolute atomic E-state index is 12.7. The lowest BCUT2D eigenvalue weighted by Gasteiger charge is -2.35. The summed E-state index contributed by atoms with van der Waals surface area (Å²) in [6.45, 7) is 2.01. The van der Waals surface area contributed by atoms with E-state index in [-0.39, 0.29) is 29.0 Å². The molecule has 3 atom stereocenters. The van der Waals surface area contributed by atoms with Gasteiger partial charge in [-0.25, -0.2) is 13.1 Å². The first kappa shape index (κ1) is 19.5. The van der Waals surface area contributed by atoms with Gasteiger partial charge >= 0.3 is 0 Å². The Morgan fingerprint density at radius 1 is 1.25 bits per heavy atom. The molecule has 0 saturated carbocycles. The number of sulfonamides is 1. The highest BCUT2D eigenvalue weighted by atomic mass is 32.2. The zero-order valence-electron chi connectivity index (χ0n) is 15.5. The molecule has 2 aliphatic rings. The molecule has 0 radical (unpaired) electrons. The Balaban J connectivity index is 1.40. The number of nitrogens with one attached hydrogen (secondary N) is 2. The van der Waals surface area contributed by atoms with E-state index < -0.39 is 10.0 Å². The normalized spacial score (nSPS) is 25.4. The van der Waals surface area contributed by atoms with Gasteiger partial charge in [-0.05, 0) is 18.1 Å². The number of thiophene rings is 1. The number of hydrogen-bond donors (Lipinski definition) is 2. The van der Waals surface area contributed by atoms with E-state index in [1.54, 1.807) is 0 Å². The van der Waals surface area contributed by atoms with Crippen LogP contribution >= 0.6 is 11.3 Å². The standard InChI is InChI=1S/C19H23N3O4S2/c1-20-19(23)18-8-16(12-27-18)28(24,25)21-14-7-15-11-26-17(10-22(15)9-14)13-5-3-2-4-6-13/h2-6,8,12,14-15,17,21H,7,9-11H2,1H3,(H,20,23)/t14-,15+,17-/m1/s1. The summed E-state index contributed by atoms with van der Waals surface area (Å²) in [5, 5.41) is 4.01. The summed E-state index contributed by atoms with van der Waals surface area (Å²) < 4.78 is 34.3. The fourth-order valence-corrected chi connectivity index (χ4v) is 6.28. The van der Waals surface area contributed by atoms with Crippen molar-refractivity contribution in [2.75, 3.05) is 26.7 Å². The smallest absolute Gasteiger partial charge is 0.261 e. The van der Waals surface area contributed by atoms with E-state index in [2.05, 4.69) is 27.1 Å². The molecule has 0 unspecified atom stereocenters. The Kier molecular flexibility index (Phi) is 5.52. The maximum Gasteiger partial charge on any atom is 0.261 e. The van der Waals surface area contributed by atoms with Crippen LogP contribution in [0.1, 0.15) is 27.8 Å². The van der Waals surface area contributed by atoms with Gasteiger partial charge in [0.05, 0.1) is 22.5 Å². The zero-order valence-corrected chi connectivity index (χ0v) is 17.1. The lowest BCUT2D eigenvalue weighted by molar-refractivity contribution is -0.0502. The largest absolute Gasteiger partial charge is 0.371 e. The van der Waals surface area contributed by atoms with Crippen molar-refractivity contribution in [2.45, 2.75) is 29.5 Å². The molecule has 2 aliphatic heterocycles. The topological polar surface area (TPSA) is 87.7 Å². The Morgan fingerprint density at radius 3 is 2.79 bits per heavy atom. The lowest BCUT2D eigenvalue weighted by Crippen LogP contribution is -2.43. The molecule has 2 aromatic rings. The van der Waals surface area contributed by atoms with Gasteiger partial charge in [-0.3, -0.25) is 9.69 Å². The van der Waals surface area contributed by atoms with Gasteiger partial charge in [0.2, 0.25) is 10.0 Å². The van der Waals surface area contributed by atoms with Crippen LogP contribution in [0.4, 0.5) is 0 Å². The summed E-state index contributed by atoms with van der Waals surface area (Å²) in [4.78, 5) is 14.5. The van der Waals surface area contributed by atoms with Gasteiger partial charge in [0.15, 0.2) is 0 Å². The molecule has 1 amide bonds. The second-order valence-electron chi connectivity index (χ2n) is 7.12. The minimum atomic E-state index is -3.66. The molecule has 150 valence electrons. The molecule has 1 aromatic carbocycles. The Morgan fingerprint density at radius 2 is 2.04 bits per heavy atom. The van der Waals surface area contributed by atoms with Crippen LogP contribution in [0, 0.1) is 0 Å². The molecule has 3 heterocycles. The van der Waals surface area contributed by atoms with Crippen molar-refractivity contribution >= 4 is 27.3 Å². The number of carbonyl (C=O) groups excluding carboxylic acids is 1. The number of hydrogen-bond acceptors (Lipinski definition) is 6. The van der Waals surface area contributed by atoms with E-state index in [1.165, 1.54) is 18.5 Å². The van der Waals surface area contributed by atoms with Crippen LogP contribution in [0.25, 0.3) is 0 Å². The van der Waals surface area contributed by atoms with E-state index in [1.807, 2.05) is 18.2 Å². The SMILES string of the molecule is CNC(=O)c1cc(S(=O)(=O)N[C@@H]2C[C@H]3CO[C@@H](c4ccccc4)CN3C2)cs1. The quantitative estimate of drug-likeness (QED) is 0.766. The second kappa shape index (κ2) is 7.92. The summed E-state index contributed by atoms with van der Waals surface area (Å²) in [6.07, 6.45) is 0.729. The first-order valence-electron chi connectivity index (χ1n) is 9.20. The number of ether oxygens (including phenoxy) is 1. The molecule has 2 saturated heterocycles. The van der Waals surface area contributed by atoms with Gasteiger partial charge < -0.3 is 10.1 Å². The average molecular weight is 422 g/mol. The Bertz CT molecular complexity index is 945. The minimum absolute atomic E-state index is 0.0137. The minimum Gasteiger partial charge on any atom is -0.371 e. The molecule has 2 N–H and O–H groups in total. The number of nitrogens with zero attached hydrogens (tertiary/aromatic N) is 1. The van der Waals surface area contributed by atoms with E-state index in [4.69, 9.17) is 4.74 Å². The average Bonchev–Trinajstić information content (AvgIpc) is 3.34. The number of carbonyl (C=O) groups is 1. The van der Waals surface area contributed by atoms with Crippen LogP contribution in [-0.2, 0) is 14.8 Å². The maximum atomic E-state index is 12.7. The molecule has 0 aliphatic carbocycles. The third-order valence-corrected chi connectivity index (χ3v) is 7.83. The molecular weight excluding hydrogens is 398 g/mol. The van der Waals surface area contributed by atoms with Gasteiger partial charge in [-0.1, -0.05) is 30.3 Å². The number of amides is 1. The lowest BCUT2D eigenvalue weighted by atomic mass is 10.1. The molecule has 0 spiro atoms. The fraction of sp³-hybridized carbons (Fsp3) is 0.421. The van der Waals surface area contributed by atoms with E-state index in [0.717, 1.165) is 23.4 Å². The third kappa shape index (κ3) is 3.99. The van der Waals surface area contributed by atoms with Crippen LogP contribution in [0.3, 0.4) is 0 Å². The summed E-state index contributed by atoms with van der Waals surface area (Å²) in [7, 11) is -2.14. The number of fused-ring (bicyclic) bond motifs is 1. The van der Waals surface area contributed by atoms with Crippen molar-refractivity contribution in [3.8, 4) is 0 Å². The first-order valence-corrected chi connectivity index (χ1v) is 11.6. The highest BCUT2D eigenvalue weighted by Gasteiger charge is 2.39. The predicted octanol–water partition coefficient (Wildman–Crippen LogP) is 1.60. The number of rotatable bonds is 5. The van der Waals surface area contributed by atoms with Gasteiger partial charge in [-0.15, -0.1) is 11.3 Å². The van der Waals surface area contributed by atoms with Crippen molar-refractivity contribution in [1.82, 2.24) is 14.9 Å². The van der Waals surface area contributed by atoms with Crippen molar-refractivity contribution in [3.63, 3.8) is 0 Å². The van der Waals surface area contributed by atoms with Crippen LogP contribution in [0.5, 0.6) is 0 Å². The molecule has 0 bridgehead atoms. The van der Waals surface area contributed by atoms with Crippen molar-refractivity contribution < 1.29 is 17.9 Å². The monoisotopic (exact) mass is 421 g/mol. The third-order valence-electron chi connectivity index (χ3n) is 5.25. The van der Waals surface area contributed by atoms with Crippen molar-refractivity contribution in [2.24, 2.45) is 0 Å². The highest BCUT2D eigenvalue weighted by Crippen LogP contribution is 2.31. The van der Waals surface area contributed by atoms with E-state index in [9.17, 15) is 13.2 Å². The predicted molar refractivity (Wildman–Crippen MR) is 107 cm³/mol. The van der Waals surface area contributed by atoms with Crippen molar-refractivity contribution in [1.29, 1.82) is 0 Å². The molecule has 1 aromatic heterocycles. The van der Waals surface area contributed by atoms with E-state index in [0.29, 0.717) is 24.4 Å². The Hall–Kier alpha value is -1.78. The summed E-state index contributed by atoms with van der Waals surface area (Å²) >= 11 is 1.12. The van der Waals surface area contributed by atoms with Gasteiger partial charge in [0, 0.05) is 37.6 Å². The van der Waals surface area contributed by atoms with Crippen LogP contribution in [-0.4, -0.2) is 58.1 Å². The van der Waals surface area contributed by atoms with Crippen LogP contribution in [0.2, 0.25) is 0 Å². The molecule has 28 heavy (non-hydrogen) atoms. The highest BCUT2D eigenvalue weighted by molar-refractivity contribution is 7.89. The second-order valence-corrected chi connectivity index (χ2v) is 9.75. The molecular formula is C19H23N3O4S2. The molecule has 4 rings (SSSR count). The summed E-state index contributed by atoms with van der Waals surface area (Å²) in [6, 6.07) is 11.6. The van der Waals surface area contributed by atoms with Gasteiger partial charge in [-0.2, -0.15) is 0 Å². The molecule has 9 heteroatoms. The summed E-state index contributed by atoms with van der Waals surface area (Å²) in [5.41, 5.74) is 1.14. The fourth-order valence-electron chi connectivity index (χ4n) is 3.82.